The molecular formula is C55H61N2O2+. The van der Waals surface area contributed by atoms with Crippen molar-refractivity contribution in [1.29, 1.82) is 0 Å². The third kappa shape index (κ3) is 8.23. The molecule has 2 aromatic heterocycles. The Labute approximate surface area is 352 Å². The van der Waals surface area contributed by atoms with Crippen LogP contribution < -0.4 is 0 Å². The molecule has 0 bridgehead atoms. The van der Waals surface area contributed by atoms with Gasteiger partial charge in [0, 0.05) is 45.5 Å². The van der Waals surface area contributed by atoms with Crippen molar-refractivity contribution in [3.63, 3.8) is 0 Å². The van der Waals surface area contributed by atoms with Gasteiger partial charge in [-0.05, 0) is 99.5 Å². The first kappa shape index (κ1) is 41.3. The minimum absolute atomic E-state index is 0.127. The first-order valence-electron chi connectivity index (χ1n) is 20.9. The van der Waals surface area contributed by atoms with Gasteiger partial charge in [-0.25, -0.2) is 0 Å². The van der Waals surface area contributed by atoms with Crippen molar-refractivity contribution in [1.82, 2.24) is 9.97 Å². The average molecular weight is 782 g/mol. The first-order chi connectivity index (χ1) is 27.6. The molecule has 0 fully saturated rings. The van der Waals surface area contributed by atoms with Gasteiger partial charge in [-0.2, -0.15) is 0 Å². The molecule has 7 rings (SSSR count). The minimum atomic E-state index is -0.268. The first-order valence-corrected chi connectivity index (χ1v) is 20.9. The average Bonchev–Trinajstić information content (AvgIpc) is 3.85. The molecule has 59 heavy (non-hydrogen) atoms. The molecule has 4 nitrogen and oxygen atoms in total. The molecule has 2 heterocycles. The van der Waals surface area contributed by atoms with E-state index in [0.29, 0.717) is 11.5 Å². The van der Waals surface area contributed by atoms with E-state index in [0.717, 1.165) is 89.9 Å². The Morgan fingerprint density at radius 1 is 0.390 bits per heavy atom. The second-order valence-corrected chi connectivity index (χ2v) is 20.2. The summed E-state index contributed by atoms with van der Waals surface area (Å²) in [4.78, 5) is 7.67. The third-order valence-electron chi connectivity index (χ3n) is 11.5. The zero-order valence-electron chi connectivity index (χ0n) is 37.0. The van der Waals surface area contributed by atoms with Crippen LogP contribution in [-0.2, 0) is 21.7 Å². The molecule has 0 aliphatic heterocycles. The Balaban J connectivity index is 1.52. The summed E-state index contributed by atoms with van der Waals surface area (Å²) in [6.07, 6.45) is 0. The highest BCUT2D eigenvalue weighted by molar-refractivity contribution is 5.86. The van der Waals surface area contributed by atoms with Crippen LogP contribution in [0.4, 0.5) is 0 Å². The number of H-pyrrole nitrogens is 2. The molecule has 4 N–H and O–H groups in total. The molecule has 0 saturated heterocycles. The fourth-order valence-electron chi connectivity index (χ4n) is 8.04. The Hall–Kier alpha value is -5.87. The normalized spacial score (nSPS) is 12.5. The van der Waals surface area contributed by atoms with Crippen molar-refractivity contribution in [2.45, 2.75) is 105 Å². The second-order valence-electron chi connectivity index (χ2n) is 20.2. The fraction of sp³-hybridized carbons (Fsp3) is 0.291. The molecule has 4 heteroatoms. The molecule has 0 atom stereocenters. The Morgan fingerprint density at radius 2 is 0.763 bits per heavy atom. The van der Waals surface area contributed by atoms with Gasteiger partial charge in [-0.15, -0.1) is 0 Å². The smallest absolute Gasteiger partial charge is 0.128 e. The number of phenolic OH excluding ortho intramolecular Hbond substituents is 2. The summed E-state index contributed by atoms with van der Waals surface area (Å²) in [5.41, 5.74) is 13.9. The van der Waals surface area contributed by atoms with E-state index in [9.17, 15) is 10.2 Å². The summed E-state index contributed by atoms with van der Waals surface area (Å²) in [5.74, 6) is 1.56. The summed E-state index contributed by atoms with van der Waals surface area (Å²) < 4.78 is 0. The van der Waals surface area contributed by atoms with Gasteiger partial charge in [-0.3, -0.25) is 0 Å². The molecule has 0 aliphatic carbocycles. The van der Waals surface area contributed by atoms with Crippen molar-refractivity contribution in [2.24, 2.45) is 0 Å². The van der Waals surface area contributed by atoms with Gasteiger partial charge in [0.15, 0.2) is 0 Å². The van der Waals surface area contributed by atoms with Crippen molar-refractivity contribution in [2.75, 3.05) is 0 Å². The highest BCUT2D eigenvalue weighted by Crippen LogP contribution is 2.47. The summed E-state index contributed by atoms with van der Waals surface area (Å²) in [5, 5.41) is 24.0. The number of aromatic hydroxyl groups is 2. The second kappa shape index (κ2) is 15.1. The Kier molecular flexibility index (Phi) is 10.5. The zero-order valence-corrected chi connectivity index (χ0v) is 37.0. The molecule has 7 aromatic rings. The fourth-order valence-corrected chi connectivity index (χ4v) is 8.04. The van der Waals surface area contributed by atoms with Gasteiger partial charge in [0.2, 0.25) is 0 Å². The van der Waals surface area contributed by atoms with Crippen LogP contribution in [0.3, 0.4) is 0 Å². The van der Waals surface area contributed by atoms with Crippen LogP contribution in [-0.4, -0.2) is 20.2 Å². The predicted molar refractivity (Wildman–Crippen MR) is 248 cm³/mol. The number of hydrogen-bond donors (Lipinski definition) is 4. The van der Waals surface area contributed by atoms with Crippen LogP contribution in [0.2, 0.25) is 0 Å². The predicted octanol–water partition coefficient (Wildman–Crippen LogP) is 14.6. The van der Waals surface area contributed by atoms with Gasteiger partial charge in [-0.1, -0.05) is 132 Å². The van der Waals surface area contributed by atoms with Gasteiger partial charge in [0.05, 0.1) is 28.1 Å². The van der Waals surface area contributed by atoms with Gasteiger partial charge >= 0.3 is 0 Å². The van der Waals surface area contributed by atoms with Gasteiger partial charge in [0.25, 0.3) is 0 Å². The van der Waals surface area contributed by atoms with Crippen LogP contribution in [0.5, 0.6) is 11.5 Å². The van der Waals surface area contributed by atoms with E-state index in [4.69, 9.17) is 0 Å². The molecule has 0 radical (unpaired) electrons. The van der Waals surface area contributed by atoms with E-state index < -0.39 is 0 Å². The lowest BCUT2D eigenvalue weighted by Gasteiger charge is -2.27. The van der Waals surface area contributed by atoms with E-state index in [1.54, 1.807) is 0 Å². The molecule has 0 amide bonds. The standard InChI is InChI=1S/C55H60N2O2/c1-52(2,3)36-30-40(50(58)42(32-36)54(7,8)9)44-26-28-46(56-44)49(48-38(34-20-15-13-16-21-34)24-19-25-39(48)35-22-17-14-18-23-35)47-29-27-45(57-47)41-31-37(53(4,5)6)33-43(51(41)59)55(10,11)12/h13-33,56-57H,1-12H3,(H-,58,59)/p+1. The molecule has 302 valence electrons. The summed E-state index contributed by atoms with van der Waals surface area (Å²) in [6.45, 7) is 26.2. The van der Waals surface area contributed by atoms with Crippen LogP contribution in [0.25, 0.3) is 44.8 Å². The van der Waals surface area contributed by atoms with E-state index in [1.807, 2.05) is 0 Å². The van der Waals surface area contributed by atoms with E-state index in [-0.39, 0.29) is 21.7 Å². The SMILES string of the molecule is CC(C)(C)c1cc(-c2ccc([C+](c3ccc(-c4cc(C(C)(C)C)cc(C(C)(C)C)c4O)[nH]3)c3c(-c4ccccc4)cccc3-c3ccccc3)[nH]2)c(O)c(C(C)(C)C)c1. The molecule has 0 spiro atoms. The van der Waals surface area contributed by atoms with Crippen LogP contribution in [0.1, 0.15) is 122 Å². The van der Waals surface area contributed by atoms with E-state index in [1.165, 1.54) is 0 Å². The summed E-state index contributed by atoms with van der Waals surface area (Å²) in [7, 11) is 0. The molecular weight excluding hydrogens is 721 g/mol. The van der Waals surface area contributed by atoms with Crippen molar-refractivity contribution >= 4 is 0 Å². The maximum absolute atomic E-state index is 12.0. The summed E-state index contributed by atoms with van der Waals surface area (Å²) in [6, 6.07) is 44.7. The van der Waals surface area contributed by atoms with Crippen molar-refractivity contribution in [3.05, 3.63) is 173 Å². The maximum atomic E-state index is 12.0. The van der Waals surface area contributed by atoms with Crippen LogP contribution >= 0.6 is 0 Å². The molecule has 0 aliphatic rings. The lowest BCUT2D eigenvalue weighted by Crippen LogP contribution is -2.17. The number of aromatic amines is 2. The molecule has 0 saturated carbocycles. The maximum Gasteiger partial charge on any atom is 0.128 e. The number of phenols is 2. The molecule has 5 aromatic carbocycles. The number of aromatic nitrogens is 2. The lowest BCUT2D eigenvalue weighted by molar-refractivity contribution is 0.445. The van der Waals surface area contributed by atoms with Crippen LogP contribution in [0.15, 0.2) is 127 Å². The topological polar surface area (TPSA) is 72.0 Å². The monoisotopic (exact) mass is 781 g/mol. The number of rotatable bonds is 7. The third-order valence-corrected chi connectivity index (χ3v) is 11.5. The van der Waals surface area contributed by atoms with Gasteiger partial charge < -0.3 is 20.2 Å². The largest absolute Gasteiger partial charge is 0.507 e. The number of nitrogens with one attached hydrogen (secondary N) is 2. The Morgan fingerprint density at radius 3 is 1.10 bits per heavy atom. The lowest BCUT2D eigenvalue weighted by atomic mass is 9.78. The van der Waals surface area contributed by atoms with E-state index >= 15 is 0 Å². The highest BCUT2D eigenvalue weighted by atomic mass is 16.3. The number of hydrogen-bond acceptors (Lipinski definition) is 2. The molecule has 0 unspecified atom stereocenters. The minimum Gasteiger partial charge on any atom is -0.507 e. The Bertz CT molecular complexity index is 2420. The van der Waals surface area contributed by atoms with Gasteiger partial charge in [0.1, 0.15) is 28.8 Å². The van der Waals surface area contributed by atoms with Crippen molar-refractivity contribution < 1.29 is 10.2 Å². The summed E-state index contributed by atoms with van der Waals surface area (Å²) >= 11 is 0. The quantitative estimate of drug-likeness (QED) is 0.122. The van der Waals surface area contributed by atoms with E-state index in [2.05, 4.69) is 220 Å². The van der Waals surface area contributed by atoms with Crippen molar-refractivity contribution in [3.8, 4) is 56.3 Å². The zero-order chi connectivity index (χ0) is 42.7. The highest BCUT2D eigenvalue weighted by Gasteiger charge is 2.35. The van der Waals surface area contributed by atoms with Crippen LogP contribution in [0, 0.1) is 5.92 Å². The number of benzene rings is 5.